The van der Waals surface area contributed by atoms with E-state index in [0.29, 0.717) is 11.6 Å². The summed E-state index contributed by atoms with van der Waals surface area (Å²) >= 11 is 0. The molecule has 1 aromatic heterocycles. The number of carbonyl (C=O) groups excluding carboxylic acids is 1. The summed E-state index contributed by atoms with van der Waals surface area (Å²) in [5.74, 6) is 0.345. The minimum atomic E-state index is -0.582. The Bertz CT molecular complexity index is 689. The number of oxazole rings is 1. The van der Waals surface area contributed by atoms with Crippen molar-refractivity contribution in [1.82, 2.24) is 4.98 Å². The number of rotatable bonds is 3. The van der Waals surface area contributed by atoms with Gasteiger partial charge in [-0.3, -0.25) is 4.79 Å². The van der Waals surface area contributed by atoms with Gasteiger partial charge in [0.1, 0.15) is 6.26 Å². The van der Waals surface area contributed by atoms with E-state index >= 15 is 0 Å². The predicted octanol–water partition coefficient (Wildman–Crippen LogP) is 3.69. The molecule has 5 nitrogen and oxygen atoms in total. The van der Waals surface area contributed by atoms with E-state index in [2.05, 4.69) is 10.3 Å². The van der Waals surface area contributed by atoms with Crippen LogP contribution in [0.1, 0.15) is 32.0 Å². The first-order chi connectivity index (χ1) is 10.2. The van der Waals surface area contributed by atoms with Gasteiger partial charge in [0.15, 0.2) is 0 Å². The Morgan fingerprint density at radius 1 is 1.30 bits per heavy atom. The van der Waals surface area contributed by atoms with Crippen LogP contribution in [0.25, 0.3) is 11.5 Å². The Morgan fingerprint density at radius 3 is 2.48 bits per heavy atom. The van der Waals surface area contributed by atoms with E-state index in [1.807, 2.05) is 52.8 Å². The Hall–Kier alpha value is -1.85. The molecule has 0 fully saturated rings. The van der Waals surface area contributed by atoms with E-state index in [1.54, 1.807) is 6.26 Å². The maximum atomic E-state index is 12.2. The van der Waals surface area contributed by atoms with Gasteiger partial charge in [0.25, 0.3) is 0 Å². The van der Waals surface area contributed by atoms with Gasteiger partial charge in [-0.05, 0) is 37.0 Å². The monoisotopic (exact) mass is 337 g/mol. The minimum absolute atomic E-state index is 0. The summed E-state index contributed by atoms with van der Waals surface area (Å²) in [6.07, 6.45) is 1.61. The molecule has 0 aliphatic rings. The zero-order chi connectivity index (χ0) is 16.5. The summed E-state index contributed by atoms with van der Waals surface area (Å²) in [6, 6.07) is 5.05. The lowest BCUT2D eigenvalue weighted by molar-refractivity contribution is -0.119. The summed E-state index contributed by atoms with van der Waals surface area (Å²) in [5.41, 5.74) is 9.07. The molecule has 0 unspecified atom stereocenters. The van der Waals surface area contributed by atoms with Crippen molar-refractivity contribution in [2.24, 2.45) is 11.1 Å². The molecular weight excluding hydrogens is 314 g/mol. The molecule has 3 N–H and O–H groups in total. The van der Waals surface area contributed by atoms with Gasteiger partial charge in [-0.15, -0.1) is 12.4 Å². The predicted molar refractivity (Wildman–Crippen MR) is 94.7 cm³/mol. The second kappa shape index (κ2) is 7.15. The van der Waals surface area contributed by atoms with Crippen LogP contribution in [0, 0.1) is 19.3 Å². The van der Waals surface area contributed by atoms with Crippen molar-refractivity contribution in [3.8, 4) is 11.5 Å². The summed E-state index contributed by atoms with van der Waals surface area (Å²) in [5, 5.41) is 2.86. The number of nitrogens with zero attached hydrogens (tertiary/aromatic N) is 1. The molecule has 0 radical (unpaired) electrons. The summed E-state index contributed by atoms with van der Waals surface area (Å²) in [7, 11) is 0. The number of nitrogens with one attached hydrogen (secondary N) is 1. The average molecular weight is 338 g/mol. The number of halogens is 1. The lowest BCUT2D eigenvalue weighted by Gasteiger charge is -2.25. The van der Waals surface area contributed by atoms with Crippen LogP contribution in [0.4, 0.5) is 5.69 Å². The minimum Gasteiger partial charge on any atom is -0.444 e. The van der Waals surface area contributed by atoms with Crippen LogP contribution in [0.15, 0.2) is 28.9 Å². The molecule has 1 atom stereocenters. The molecule has 2 aromatic rings. The molecule has 0 saturated heterocycles. The van der Waals surface area contributed by atoms with E-state index in [-0.39, 0.29) is 23.7 Å². The second-order valence-corrected chi connectivity index (χ2v) is 6.66. The summed E-state index contributed by atoms with van der Waals surface area (Å²) < 4.78 is 5.44. The van der Waals surface area contributed by atoms with E-state index in [0.717, 1.165) is 16.8 Å². The summed E-state index contributed by atoms with van der Waals surface area (Å²) in [6.45, 7) is 9.66. The lowest BCUT2D eigenvalue weighted by Crippen LogP contribution is -2.45. The first-order valence-electron chi connectivity index (χ1n) is 7.28. The molecular formula is C17H24ClN3O2. The fourth-order valence-corrected chi connectivity index (χ4v) is 2.02. The van der Waals surface area contributed by atoms with Crippen molar-refractivity contribution in [3.05, 3.63) is 35.7 Å². The first-order valence-corrected chi connectivity index (χ1v) is 7.28. The molecule has 23 heavy (non-hydrogen) atoms. The van der Waals surface area contributed by atoms with E-state index in [9.17, 15) is 4.79 Å². The molecule has 0 aliphatic heterocycles. The SMILES string of the molecule is Cc1coc(-c2cc(NC(=O)[C@@H](N)C(C)(C)C)ccc2C)n1.Cl. The van der Waals surface area contributed by atoms with Crippen LogP contribution in [0.3, 0.4) is 0 Å². The largest absolute Gasteiger partial charge is 0.444 e. The highest BCUT2D eigenvalue weighted by molar-refractivity contribution is 5.95. The molecule has 0 aliphatic carbocycles. The Balaban J connectivity index is 0.00000264. The fourth-order valence-electron chi connectivity index (χ4n) is 2.02. The molecule has 6 heteroatoms. The topological polar surface area (TPSA) is 81.2 Å². The van der Waals surface area contributed by atoms with Crippen molar-refractivity contribution in [3.63, 3.8) is 0 Å². The van der Waals surface area contributed by atoms with Crippen molar-refractivity contribution >= 4 is 24.0 Å². The zero-order valence-electron chi connectivity index (χ0n) is 14.1. The third kappa shape index (κ3) is 4.56. The standard InChI is InChI=1S/C17H23N3O2.ClH/c1-10-6-7-12(20-15(21)14(18)17(3,4)5)8-13(10)16-19-11(2)9-22-16;/h6-9,14H,18H2,1-5H3,(H,20,21);1H/t14-;/m1./s1. The molecule has 0 saturated carbocycles. The normalized spacial score (nSPS) is 12.4. The fraction of sp³-hybridized carbons (Fsp3) is 0.412. The Kier molecular flexibility index (Phi) is 5.97. The van der Waals surface area contributed by atoms with E-state index in [1.165, 1.54) is 0 Å². The van der Waals surface area contributed by atoms with E-state index < -0.39 is 6.04 Å². The van der Waals surface area contributed by atoms with Gasteiger partial charge in [0.2, 0.25) is 11.8 Å². The van der Waals surface area contributed by atoms with Crippen LogP contribution in [-0.4, -0.2) is 16.9 Å². The molecule has 2 rings (SSSR count). The second-order valence-electron chi connectivity index (χ2n) is 6.66. The number of benzene rings is 1. The van der Waals surface area contributed by atoms with Gasteiger partial charge < -0.3 is 15.5 Å². The van der Waals surface area contributed by atoms with Gasteiger partial charge in [-0.25, -0.2) is 4.98 Å². The van der Waals surface area contributed by atoms with Crippen molar-refractivity contribution in [2.45, 2.75) is 40.7 Å². The maximum Gasteiger partial charge on any atom is 0.241 e. The molecule has 0 spiro atoms. The molecule has 0 bridgehead atoms. The van der Waals surface area contributed by atoms with Crippen LogP contribution in [0.5, 0.6) is 0 Å². The number of hydrogen-bond acceptors (Lipinski definition) is 4. The van der Waals surface area contributed by atoms with Gasteiger partial charge >= 0.3 is 0 Å². The Morgan fingerprint density at radius 2 is 1.96 bits per heavy atom. The number of aromatic nitrogens is 1. The molecule has 1 heterocycles. The quantitative estimate of drug-likeness (QED) is 0.894. The third-order valence-electron chi connectivity index (χ3n) is 3.57. The molecule has 1 amide bonds. The van der Waals surface area contributed by atoms with Crippen LogP contribution >= 0.6 is 12.4 Å². The highest BCUT2D eigenvalue weighted by Crippen LogP contribution is 2.26. The number of amides is 1. The smallest absolute Gasteiger partial charge is 0.241 e. The zero-order valence-corrected chi connectivity index (χ0v) is 15.0. The molecule has 126 valence electrons. The van der Waals surface area contributed by atoms with Gasteiger partial charge in [0, 0.05) is 11.3 Å². The van der Waals surface area contributed by atoms with Gasteiger partial charge in [-0.1, -0.05) is 26.8 Å². The maximum absolute atomic E-state index is 12.2. The summed E-state index contributed by atoms with van der Waals surface area (Å²) in [4.78, 5) is 16.6. The number of carbonyl (C=O) groups is 1. The van der Waals surface area contributed by atoms with E-state index in [4.69, 9.17) is 10.2 Å². The number of anilines is 1. The Labute approximate surface area is 143 Å². The van der Waals surface area contributed by atoms with Crippen LogP contribution in [0.2, 0.25) is 0 Å². The van der Waals surface area contributed by atoms with Crippen molar-refractivity contribution in [1.29, 1.82) is 0 Å². The lowest BCUT2D eigenvalue weighted by atomic mass is 9.87. The highest BCUT2D eigenvalue weighted by Gasteiger charge is 2.27. The number of aryl methyl sites for hydroxylation is 2. The number of nitrogens with two attached hydrogens (primary N) is 1. The molecule has 1 aromatic carbocycles. The third-order valence-corrected chi connectivity index (χ3v) is 3.57. The average Bonchev–Trinajstić information content (AvgIpc) is 2.85. The first kappa shape index (κ1) is 19.2. The van der Waals surface area contributed by atoms with Crippen molar-refractivity contribution in [2.75, 3.05) is 5.32 Å². The number of hydrogen-bond donors (Lipinski definition) is 2. The van der Waals surface area contributed by atoms with Crippen LogP contribution < -0.4 is 11.1 Å². The highest BCUT2D eigenvalue weighted by atomic mass is 35.5. The van der Waals surface area contributed by atoms with Crippen molar-refractivity contribution < 1.29 is 9.21 Å². The van der Waals surface area contributed by atoms with Gasteiger partial charge in [0.05, 0.1) is 11.7 Å². The van der Waals surface area contributed by atoms with Crippen LogP contribution in [-0.2, 0) is 4.79 Å². The van der Waals surface area contributed by atoms with Gasteiger partial charge in [-0.2, -0.15) is 0 Å².